The van der Waals surface area contributed by atoms with Gasteiger partial charge in [0.05, 0.1) is 38.4 Å². The normalized spacial score (nSPS) is 17.2. The highest BCUT2D eigenvalue weighted by molar-refractivity contribution is 6.37. The molecule has 4 N–H and O–H groups in total. The predicted molar refractivity (Wildman–Crippen MR) is 161 cm³/mol. The third-order valence-electron chi connectivity index (χ3n) is 8.48. The van der Waals surface area contributed by atoms with E-state index in [0.717, 1.165) is 13.2 Å². The van der Waals surface area contributed by atoms with Crippen LogP contribution in [0.4, 0.5) is 5.82 Å². The largest absolute Gasteiger partial charge is 0.510 e. The van der Waals surface area contributed by atoms with Crippen LogP contribution in [0.1, 0.15) is 23.2 Å². The summed E-state index contributed by atoms with van der Waals surface area (Å²) in [6, 6.07) is 7.38. The maximum Gasteiger partial charge on any atom is 0.259 e. The van der Waals surface area contributed by atoms with E-state index in [1.807, 2.05) is 0 Å². The molecule has 3 aromatic rings. The Morgan fingerprint density at radius 2 is 1.69 bits per heavy atom. The number of aromatic amines is 1. The quantitative estimate of drug-likeness (QED) is 0.207. The van der Waals surface area contributed by atoms with Crippen LogP contribution in [0.5, 0.6) is 11.5 Å². The van der Waals surface area contributed by atoms with Crippen LogP contribution >= 0.6 is 11.6 Å². The number of fused-ring (bicyclic) bond motifs is 4. The number of pyridine rings is 2. The van der Waals surface area contributed by atoms with Crippen molar-refractivity contribution in [2.45, 2.75) is 24.8 Å². The third-order valence-corrected chi connectivity index (χ3v) is 8.91. The minimum absolute atomic E-state index is 0.0310. The second-order valence-corrected chi connectivity index (χ2v) is 11.1. The Labute approximate surface area is 253 Å². The van der Waals surface area contributed by atoms with Crippen LogP contribution in [-0.2, 0) is 18.4 Å². The first-order valence-electron chi connectivity index (χ1n) is 13.5. The van der Waals surface area contributed by atoms with E-state index in [0.29, 0.717) is 11.5 Å². The number of nitrogens with one attached hydrogen (secondary N) is 1. The number of phenols is 1. The van der Waals surface area contributed by atoms with Gasteiger partial charge in [-0.1, -0.05) is 17.7 Å². The number of phenolic OH excluding ortho intramolecular Hbond substituents is 1. The van der Waals surface area contributed by atoms with Gasteiger partial charge in [0, 0.05) is 28.9 Å². The summed E-state index contributed by atoms with van der Waals surface area (Å²) in [7, 11) is 1.11. The SMILES string of the molecule is COc1cc(=O)c2c(=O)c3c(c(=O)c=2c1=O)=C(O)[C@]1(CCc2c1c(O)c1c(=O)[nH]c(CN=Nc4ccccn4)cc1c2Cl)C=3O. The van der Waals surface area contributed by atoms with E-state index in [1.165, 1.54) is 6.07 Å². The number of aromatic hydroxyl groups is 1. The van der Waals surface area contributed by atoms with E-state index >= 15 is 0 Å². The first kappa shape index (κ1) is 28.1. The van der Waals surface area contributed by atoms with Crippen molar-refractivity contribution in [3.8, 4) is 11.5 Å². The van der Waals surface area contributed by atoms with E-state index in [2.05, 4.69) is 20.2 Å². The molecule has 0 aliphatic heterocycles. The molecule has 45 heavy (non-hydrogen) atoms. The molecular weight excluding hydrogens is 608 g/mol. The third kappa shape index (κ3) is 3.61. The molecule has 0 bridgehead atoms. The van der Waals surface area contributed by atoms with Crippen LogP contribution in [-0.4, -0.2) is 32.4 Å². The number of halogens is 1. The average Bonchev–Trinajstić information content (AvgIpc) is 3.53. The Hall–Kier alpha value is -5.69. The Morgan fingerprint density at radius 1 is 0.978 bits per heavy atom. The monoisotopic (exact) mass is 626 g/mol. The van der Waals surface area contributed by atoms with Gasteiger partial charge >= 0.3 is 0 Å². The number of H-pyrrole nitrogens is 1. The number of rotatable bonds is 4. The van der Waals surface area contributed by atoms with Gasteiger partial charge in [0.15, 0.2) is 17.0 Å². The van der Waals surface area contributed by atoms with Crippen LogP contribution in [0.25, 0.3) is 22.3 Å². The first-order chi connectivity index (χ1) is 21.5. The number of ether oxygens (including phenoxy) is 1. The number of methoxy groups -OCH3 is 1. The molecule has 4 aliphatic rings. The lowest BCUT2D eigenvalue weighted by Gasteiger charge is -2.27. The lowest BCUT2D eigenvalue weighted by molar-refractivity contribution is 0.362. The van der Waals surface area contributed by atoms with Gasteiger partial charge in [-0.25, -0.2) is 4.98 Å². The first-order valence-corrected chi connectivity index (χ1v) is 13.8. The van der Waals surface area contributed by atoms with E-state index < -0.39 is 76.6 Å². The Kier molecular flexibility index (Phi) is 6.03. The Bertz CT molecular complexity index is 2670. The van der Waals surface area contributed by atoms with E-state index in [4.69, 9.17) is 16.3 Å². The fourth-order valence-corrected chi connectivity index (χ4v) is 6.87. The summed E-state index contributed by atoms with van der Waals surface area (Å²) in [5, 5.41) is 39.8. The van der Waals surface area contributed by atoms with Gasteiger partial charge in [-0.3, -0.25) is 24.0 Å². The number of azo groups is 1. The highest BCUT2D eigenvalue weighted by atomic mass is 35.5. The molecule has 0 radical (unpaired) electrons. The predicted octanol–water partition coefficient (Wildman–Crippen LogP) is 0.846. The van der Waals surface area contributed by atoms with Gasteiger partial charge in [0.1, 0.15) is 29.2 Å². The molecule has 0 saturated carbocycles. The summed E-state index contributed by atoms with van der Waals surface area (Å²) in [6.45, 7) is -0.0569. The minimum atomic E-state index is -2.06. The second-order valence-electron chi connectivity index (χ2n) is 10.7. The van der Waals surface area contributed by atoms with Crippen molar-refractivity contribution in [2.24, 2.45) is 10.2 Å². The van der Waals surface area contributed by atoms with E-state index in [1.54, 1.807) is 24.4 Å². The summed E-state index contributed by atoms with van der Waals surface area (Å²) in [4.78, 5) is 73.0. The fraction of sp³-hybridized carbons (Fsp3) is 0.161. The molecule has 1 atom stereocenters. The molecule has 1 spiro atoms. The molecule has 7 rings (SSSR count). The maximum atomic E-state index is 13.7. The van der Waals surface area contributed by atoms with Crippen LogP contribution in [0.2, 0.25) is 5.02 Å². The van der Waals surface area contributed by atoms with Crippen LogP contribution in [0.3, 0.4) is 0 Å². The molecule has 14 heteroatoms. The lowest BCUT2D eigenvalue weighted by atomic mass is 9.78. The summed E-state index contributed by atoms with van der Waals surface area (Å²) >= 11 is 6.79. The summed E-state index contributed by atoms with van der Waals surface area (Å²) in [5.41, 5.74) is -6.77. The lowest BCUT2D eigenvalue weighted by Crippen LogP contribution is -2.51. The number of hydrogen-bond donors (Lipinski definition) is 4. The van der Waals surface area contributed by atoms with Crippen molar-refractivity contribution >= 4 is 39.7 Å². The van der Waals surface area contributed by atoms with Gasteiger partial charge < -0.3 is 25.0 Å². The number of aromatic nitrogens is 2. The molecule has 13 nitrogen and oxygen atoms in total. The van der Waals surface area contributed by atoms with Gasteiger partial charge in [0.25, 0.3) is 5.56 Å². The molecule has 0 amide bonds. The molecule has 224 valence electrons. The number of aliphatic hydroxyl groups is 2. The molecule has 0 unspecified atom stereocenters. The molecule has 0 fully saturated rings. The second kappa shape index (κ2) is 9.66. The Balaban J connectivity index is 1.49. The number of benzene rings is 1. The molecule has 2 heterocycles. The smallest absolute Gasteiger partial charge is 0.259 e. The maximum absolute atomic E-state index is 13.7. The highest BCUT2D eigenvalue weighted by Crippen LogP contribution is 2.56. The standard InChI is InChI=1S/C31H19ClN4O9/c1-45-15-9-14(37)18-19(24(15)38)26(40)21-20(25(18)39)28(42)31(29(21)43)6-5-12-22(31)27(41)17-13(23(12)32)8-11(35-30(17)44)10-34-36-16-4-2-3-7-33-16/h2-4,7-9,41-43H,5-6,10H2,1H3,(H,35,44)/t31-/m0/s1. The van der Waals surface area contributed by atoms with Crippen molar-refractivity contribution in [3.05, 3.63) is 130 Å². The Morgan fingerprint density at radius 3 is 2.36 bits per heavy atom. The fourth-order valence-electron chi connectivity index (χ4n) is 6.53. The zero-order chi connectivity index (χ0) is 31.9. The van der Waals surface area contributed by atoms with Crippen LogP contribution < -0.4 is 42.4 Å². The number of hydrogen-bond acceptors (Lipinski definition) is 12. The molecule has 4 aliphatic carbocycles. The zero-order valence-electron chi connectivity index (χ0n) is 23.1. The zero-order valence-corrected chi connectivity index (χ0v) is 23.9. The number of aliphatic hydroxyl groups excluding tert-OH is 2. The average molecular weight is 627 g/mol. The van der Waals surface area contributed by atoms with Crippen molar-refractivity contribution in [2.75, 3.05) is 7.11 Å². The molecule has 2 aromatic heterocycles. The van der Waals surface area contributed by atoms with E-state index in [-0.39, 0.29) is 46.3 Å². The van der Waals surface area contributed by atoms with Crippen molar-refractivity contribution in [1.82, 2.24) is 9.97 Å². The van der Waals surface area contributed by atoms with Crippen molar-refractivity contribution in [1.29, 1.82) is 0 Å². The summed E-state index contributed by atoms with van der Waals surface area (Å²) < 4.78 is 4.90. The van der Waals surface area contributed by atoms with E-state index in [9.17, 15) is 39.3 Å². The number of nitrogens with zero attached hydrogens (tertiary/aromatic N) is 3. The highest BCUT2D eigenvalue weighted by Gasteiger charge is 2.53. The van der Waals surface area contributed by atoms with Crippen LogP contribution in [0, 0.1) is 10.4 Å². The van der Waals surface area contributed by atoms with Gasteiger partial charge in [0.2, 0.25) is 16.3 Å². The summed E-state index contributed by atoms with van der Waals surface area (Å²) in [6.07, 6.45) is 1.41. The van der Waals surface area contributed by atoms with Crippen molar-refractivity contribution < 1.29 is 20.1 Å². The van der Waals surface area contributed by atoms with Crippen LogP contribution in [0.15, 0.2) is 70.7 Å². The van der Waals surface area contributed by atoms with Gasteiger partial charge in [-0.2, -0.15) is 5.11 Å². The molecule has 1 aromatic carbocycles. The minimum Gasteiger partial charge on any atom is -0.510 e. The summed E-state index contributed by atoms with van der Waals surface area (Å²) in [5.74, 6) is -2.38. The molecule has 0 saturated heterocycles. The van der Waals surface area contributed by atoms with Gasteiger partial charge in [-0.05, 0) is 36.6 Å². The van der Waals surface area contributed by atoms with Gasteiger partial charge in [-0.15, -0.1) is 5.11 Å². The van der Waals surface area contributed by atoms with Crippen molar-refractivity contribution in [3.63, 3.8) is 0 Å². The topological polar surface area (TPSA) is 209 Å². The molecular formula is C31H19ClN4O9.